The maximum absolute atomic E-state index is 12.1. The van der Waals surface area contributed by atoms with Crippen molar-refractivity contribution in [1.29, 1.82) is 0 Å². The molecular weight excluding hydrogens is 427 g/mol. The molecule has 0 unspecified atom stereocenters. The lowest BCUT2D eigenvalue weighted by molar-refractivity contribution is -0.192. The van der Waals surface area contributed by atoms with Crippen LogP contribution in [0.4, 0.5) is 13.2 Å². The number of aliphatic carboxylic acids is 1. The zero-order valence-corrected chi connectivity index (χ0v) is 16.0. The number of aromatic nitrogens is 4. The topological polar surface area (TPSA) is 138 Å². The van der Waals surface area contributed by atoms with Gasteiger partial charge in [-0.25, -0.2) is 22.9 Å². The van der Waals surface area contributed by atoms with Gasteiger partial charge in [-0.2, -0.15) is 18.3 Å². The summed E-state index contributed by atoms with van der Waals surface area (Å²) >= 11 is 0. The monoisotopic (exact) mass is 443 g/mol. The summed E-state index contributed by atoms with van der Waals surface area (Å²) in [6, 6.07) is 12.6. The number of benzene rings is 1. The van der Waals surface area contributed by atoms with Gasteiger partial charge in [0, 0.05) is 18.0 Å². The van der Waals surface area contributed by atoms with Gasteiger partial charge in [0.15, 0.2) is 5.82 Å². The molecule has 3 rings (SSSR count). The molecule has 1 aromatic carbocycles. The van der Waals surface area contributed by atoms with E-state index in [0.717, 1.165) is 11.1 Å². The number of rotatable bonds is 6. The lowest BCUT2D eigenvalue weighted by atomic mass is 10.2. The molecule has 3 aromatic rings. The number of sulfonamides is 1. The molecule has 3 N–H and O–H groups in total. The minimum Gasteiger partial charge on any atom is -0.475 e. The fourth-order valence-electron chi connectivity index (χ4n) is 2.03. The van der Waals surface area contributed by atoms with Crippen molar-refractivity contribution in [3.05, 3.63) is 66.2 Å². The molecule has 0 aliphatic heterocycles. The third kappa shape index (κ3) is 7.60. The molecule has 0 atom stereocenters. The van der Waals surface area contributed by atoms with Crippen LogP contribution in [0.3, 0.4) is 0 Å². The smallest absolute Gasteiger partial charge is 0.475 e. The highest BCUT2D eigenvalue weighted by Gasteiger charge is 2.38. The predicted octanol–water partition coefficient (Wildman–Crippen LogP) is 2.12. The highest BCUT2D eigenvalue weighted by molar-refractivity contribution is 7.88. The van der Waals surface area contributed by atoms with Crippen LogP contribution >= 0.6 is 0 Å². The third-order valence-electron chi connectivity index (χ3n) is 3.37. The van der Waals surface area contributed by atoms with E-state index in [1.54, 1.807) is 36.7 Å². The Labute approximate surface area is 169 Å². The van der Waals surface area contributed by atoms with Crippen molar-refractivity contribution in [2.75, 3.05) is 0 Å². The van der Waals surface area contributed by atoms with Crippen molar-refractivity contribution in [2.24, 2.45) is 0 Å². The number of alkyl halides is 3. The summed E-state index contributed by atoms with van der Waals surface area (Å²) in [5.41, 5.74) is 1.55. The van der Waals surface area contributed by atoms with E-state index in [1.165, 1.54) is 0 Å². The standard InChI is InChI=1S/C15H15N5O2S.C2HF3O2/c21-23(22,11-12-4-2-1-3-5-12)17-10-14-18-15(20-19-14)13-6-8-16-9-7-13;3-2(4,5)1(6)7/h1-9,17H,10-11H2,(H,18,19,20);(H,6,7). The quantitative estimate of drug-likeness (QED) is 0.530. The highest BCUT2D eigenvalue weighted by Crippen LogP contribution is 2.13. The summed E-state index contributed by atoms with van der Waals surface area (Å²) in [7, 11) is -3.44. The van der Waals surface area contributed by atoms with Crippen LogP contribution in [-0.2, 0) is 27.1 Å². The van der Waals surface area contributed by atoms with Gasteiger partial charge < -0.3 is 5.11 Å². The number of carboxylic acid groups (broad SMARTS) is 1. The number of nitrogens with one attached hydrogen (secondary N) is 2. The molecule has 0 radical (unpaired) electrons. The van der Waals surface area contributed by atoms with Gasteiger partial charge in [0.1, 0.15) is 5.82 Å². The van der Waals surface area contributed by atoms with Crippen LogP contribution in [-0.4, -0.2) is 45.8 Å². The minimum absolute atomic E-state index is 0.0627. The molecule has 2 heterocycles. The fraction of sp³-hybridized carbons (Fsp3) is 0.176. The Morgan fingerprint density at radius 2 is 1.70 bits per heavy atom. The van der Waals surface area contributed by atoms with Gasteiger partial charge in [-0.15, -0.1) is 0 Å². The van der Waals surface area contributed by atoms with Gasteiger partial charge in [0.2, 0.25) is 10.0 Å². The summed E-state index contributed by atoms with van der Waals surface area (Å²) in [4.78, 5) is 17.1. The summed E-state index contributed by atoms with van der Waals surface area (Å²) in [5.74, 6) is -1.87. The van der Waals surface area contributed by atoms with Gasteiger partial charge in [-0.05, 0) is 17.7 Å². The molecule has 160 valence electrons. The molecule has 0 aliphatic carbocycles. The van der Waals surface area contributed by atoms with Crippen LogP contribution in [0, 0.1) is 0 Å². The van der Waals surface area contributed by atoms with Crippen molar-refractivity contribution in [3.63, 3.8) is 0 Å². The molecule has 30 heavy (non-hydrogen) atoms. The molecule has 2 aromatic heterocycles. The van der Waals surface area contributed by atoms with E-state index in [4.69, 9.17) is 9.90 Å². The maximum Gasteiger partial charge on any atom is 0.490 e. The molecule has 9 nitrogen and oxygen atoms in total. The van der Waals surface area contributed by atoms with Gasteiger partial charge in [0.05, 0.1) is 12.3 Å². The van der Waals surface area contributed by atoms with Crippen LogP contribution in [0.5, 0.6) is 0 Å². The minimum atomic E-state index is -5.08. The number of hydrogen-bond acceptors (Lipinski definition) is 6. The van der Waals surface area contributed by atoms with Crippen LogP contribution in [0.15, 0.2) is 54.9 Å². The predicted molar refractivity (Wildman–Crippen MR) is 99.2 cm³/mol. The number of pyridine rings is 1. The Balaban J connectivity index is 0.000000396. The number of H-pyrrole nitrogens is 1. The van der Waals surface area contributed by atoms with Gasteiger partial charge in [-0.1, -0.05) is 30.3 Å². The van der Waals surface area contributed by atoms with E-state index < -0.39 is 22.2 Å². The molecule has 13 heteroatoms. The summed E-state index contributed by atoms with van der Waals surface area (Å²) in [6.07, 6.45) is -1.79. The molecule has 0 amide bonds. The van der Waals surface area contributed by atoms with Gasteiger partial charge in [0.25, 0.3) is 0 Å². The number of nitrogens with zero attached hydrogens (tertiary/aromatic N) is 3. The van der Waals surface area contributed by atoms with Gasteiger partial charge in [-0.3, -0.25) is 10.1 Å². The zero-order valence-electron chi connectivity index (χ0n) is 15.2. The summed E-state index contributed by atoms with van der Waals surface area (Å²) in [5, 5.41) is 13.9. The molecule has 0 saturated carbocycles. The summed E-state index contributed by atoms with van der Waals surface area (Å²) in [6.45, 7) is 0.0627. The Bertz CT molecular complexity index is 1060. The van der Waals surface area contributed by atoms with Crippen LogP contribution in [0.25, 0.3) is 11.4 Å². The van der Waals surface area contributed by atoms with E-state index >= 15 is 0 Å². The van der Waals surface area contributed by atoms with Crippen molar-refractivity contribution in [3.8, 4) is 11.4 Å². The number of carbonyl (C=O) groups is 1. The SMILES string of the molecule is O=C(O)C(F)(F)F.O=S(=O)(Cc1ccccc1)NCc1nc(-c2ccncc2)n[nH]1. The average Bonchev–Trinajstić information content (AvgIpc) is 3.17. The fourth-order valence-corrected chi connectivity index (χ4v) is 3.12. The van der Waals surface area contributed by atoms with Crippen molar-refractivity contribution < 1.29 is 31.5 Å². The zero-order chi connectivity index (χ0) is 22.2. The number of halogens is 3. The first-order valence-electron chi connectivity index (χ1n) is 8.20. The second-order valence-electron chi connectivity index (χ2n) is 5.71. The molecule has 0 spiro atoms. The first-order chi connectivity index (χ1) is 14.1. The molecule has 0 saturated heterocycles. The Kier molecular flexibility index (Phi) is 7.60. The number of carboxylic acids is 1. The number of hydrogen-bond donors (Lipinski definition) is 3. The lowest BCUT2D eigenvalue weighted by Gasteiger charge is -2.04. The van der Waals surface area contributed by atoms with Crippen LogP contribution in [0.2, 0.25) is 0 Å². The first kappa shape index (κ1) is 23.0. The average molecular weight is 443 g/mol. The Morgan fingerprint density at radius 1 is 1.10 bits per heavy atom. The Hall–Kier alpha value is -3.32. The maximum atomic E-state index is 12.1. The molecular formula is C17H16F3N5O4S. The van der Waals surface area contributed by atoms with Crippen molar-refractivity contribution >= 4 is 16.0 Å². The van der Waals surface area contributed by atoms with Gasteiger partial charge >= 0.3 is 12.1 Å². The largest absolute Gasteiger partial charge is 0.490 e. The van der Waals surface area contributed by atoms with E-state index in [9.17, 15) is 21.6 Å². The highest BCUT2D eigenvalue weighted by atomic mass is 32.2. The second kappa shape index (κ2) is 9.93. The summed E-state index contributed by atoms with van der Waals surface area (Å²) < 4.78 is 58.4. The molecule has 0 fully saturated rings. The van der Waals surface area contributed by atoms with E-state index in [0.29, 0.717) is 11.6 Å². The van der Waals surface area contributed by atoms with Crippen LogP contribution < -0.4 is 4.72 Å². The van der Waals surface area contributed by atoms with E-state index in [1.807, 2.05) is 18.2 Å². The van der Waals surface area contributed by atoms with Crippen molar-refractivity contribution in [2.45, 2.75) is 18.5 Å². The van der Waals surface area contributed by atoms with E-state index in [-0.39, 0.29) is 12.3 Å². The van der Waals surface area contributed by atoms with E-state index in [2.05, 4.69) is 24.9 Å². The number of aromatic amines is 1. The normalized spacial score (nSPS) is 11.4. The van der Waals surface area contributed by atoms with Crippen LogP contribution in [0.1, 0.15) is 11.4 Å². The molecule has 0 bridgehead atoms. The molecule has 0 aliphatic rings. The first-order valence-corrected chi connectivity index (χ1v) is 9.85. The lowest BCUT2D eigenvalue weighted by Crippen LogP contribution is -2.25. The van der Waals surface area contributed by atoms with Crippen molar-refractivity contribution in [1.82, 2.24) is 24.9 Å². The third-order valence-corrected chi connectivity index (χ3v) is 4.67. The Morgan fingerprint density at radius 3 is 2.27 bits per heavy atom. The second-order valence-corrected chi connectivity index (χ2v) is 7.52.